The van der Waals surface area contributed by atoms with E-state index >= 15 is 0 Å². The molecule has 0 spiro atoms. The van der Waals surface area contributed by atoms with Gasteiger partial charge in [-0.3, -0.25) is 24.6 Å². The highest BCUT2D eigenvalue weighted by Crippen LogP contribution is 2.26. The molecule has 1 aliphatic heterocycles. The SMILES string of the molecule is Cc1nnc(NC(=O)c2ccc3c(c2)C(=O)N(Cc2ccccc2)C3=O)s1. The molecule has 2 aromatic carbocycles. The van der Waals surface area contributed by atoms with E-state index in [2.05, 4.69) is 15.5 Å². The van der Waals surface area contributed by atoms with Crippen molar-refractivity contribution in [3.8, 4) is 0 Å². The van der Waals surface area contributed by atoms with E-state index in [0.29, 0.717) is 10.7 Å². The van der Waals surface area contributed by atoms with Crippen LogP contribution in [-0.4, -0.2) is 32.8 Å². The van der Waals surface area contributed by atoms with Gasteiger partial charge in [0.25, 0.3) is 17.7 Å². The van der Waals surface area contributed by atoms with Crippen LogP contribution in [0.1, 0.15) is 41.6 Å². The number of carbonyl (C=O) groups excluding carboxylic acids is 3. The Kier molecular flexibility index (Phi) is 4.25. The molecule has 0 saturated carbocycles. The first kappa shape index (κ1) is 17.0. The Morgan fingerprint density at radius 1 is 1.04 bits per heavy atom. The topological polar surface area (TPSA) is 92.3 Å². The van der Waals surface area contributed by atoms with Gasteiger partial charge in [-0.25, -0.2) is 0 Å². The highest BCUT2D eigenvalue weighted by Gasteiger charge is 2.36. The maximum Gasteiger partial charge on any atom is 0.261 e. The Labute approximate surface area is 158 Å². The lowest BCUT2D eigenvalue weighted by molar-refractivity contribution is 0.0642. The van der Waals surface area contributed by atoms with Gasteiger partial charge in [0, 0.05) is 5.56 Å². The van der Waals surface area contributed by atoms with E-state index in [1.165, 1.54) is 34.4 Å². The fourth-order valence-electron chi connectivity index (χ4n) is 2.86. The van der Waals surface area contributed by atoms with Gasteiger partial charge in [0.1, 0.15) is 5.01 Å². The summed E-state index contributed by atoms with van der Waals surface area (Å²) in [6.07, 6.45) is 0. The van der Waals surface area contributed by atoms with Crippen LogP contribution in [0.15, 0.2) is 48.5 Å². The average molecular weight is 378 g/mol. The zero-order valence-electron chi connectivity index (χ0n) is 14.3. The third-order valence-electron chi connectivity index (χ3n) is 4.16. The van der Waals surface area contributed by atoms with Crippen LogP contribution in [0.25, 0.3) is 0 Å². The van der Waals surface area contributed by atoms with Crippen molar-refractivity contribution in [1.29, 1.82) is 0 Å². The van der Waals surface area contributed by atoms with Crippen molar-refractivity contribution in [3.05, 3.63) is 75.8 Å². The molecule has 134 valence electrons. The van der Waals surface area contributed by atoms with E-state index in [-0.39, 0.29) is 23.6 Å². The summed E-state index contributed by atoms with van der Waals surface area (Å²) in [7, 11) is 0. The predicted molar refractivity (Wildman–Crippen MR) is 99.7 cm³/mol. The van der Waals surface area contributed by atoms with Crippen molar-refractivity contribution in [2.24, 2.45) is 0 Å². The maximum atomic E-state index is 12.7. The second-order valence-electron chi connectivity index (χ2n) is 6.02. The summed E-state index contributed by atoms with van der Waals surface area (Å²) in [5.74, 6) is -1.17. The second kappa shape index (κ2) is 6.73. The number of rotatable bonds is 4. The third kappa shape index (κ3) is 3.22. The molecule has 8 heteroatoms. The van der Waals surface area contributed by atoms with Gasteiger partial charge in [-0.05, 0) is 30.7 Å². The van der Waals surface area contributed by atoms with Crippen LogP contribution in [0.2, 0.25) is 0 Å². The molecule has 1 aromatic heterocycles. The molecule has 0 atom stereocenters. The molecule has 7 nitrogen and oxygen atoms in total. The van der Waals surface area contributed by atoms with Gasteiger partial charge in [-0.1, -0.05) is 41.7 Å². The molecule has 0 unspecified atom stereocenters. The number of carbonyl (C=O) groups is 3. The van der Waals surface area contributed by atoms with Crippen LogP contribution < -0.4 is 5.32 Å². The average Bonchev–Trinajstić information content (AvgIpc) is 3.19. The van der Waals surface area contributed by atoms with E-state index in [1.807, 2.05) is 30.3 Å². The minimum absolute atomic E-state index is 0.193. The summed E-state index contributed by atoms with van der Waals surface area (Å²) in [6, 6.07) is 13.8. The molecule has 0 radical (unpaired) electrons. The van der Waals surface area contributed by atoms with Crippen molar-refractivity contribution in [1.82, 2.24) is 15.1 Å². The Hall–Kier alpha value is -3.39. The number of nitrogens with zero attached hydrogens (tertiary/aromatic N) is 3. The van der Waals surface area contributed by atoms with E-state index in [1.54, 1.807) is 6.92 Å². The molecule has 1 N–H and O–H groups in total. The first-order chi connectivity index (χ1) is 13.0. The maximum absolute atomic E-state index is 12.7. The minimum Gasteiger partial charge on any atom is -0.296 e. The first-order valence-electron chi connectivity index (χ1n) is 8.18. The highest BCUT2D eigenvalue weighted by atomic mass is 32.1. The summed E-state index contributed by atoms with van der Waals surface area (Å²) >= 11 is 1.26. The Balaban J connectivity index is 1.57. The van der Waals surface area contributed by atoms with Gasteiger partial charge >= 0.3 is 0 Å². The molecule has 0 bridgehead atoms. The molecule has 4 rings (SSSR count). The molecule has 0 aliphatic carbocycles. The van der Waals surface area contributed by atoms with Gasteiger partial charge in [0.05, 0.1) is 17.7 Å². The smallest absolute Gasteiger partial charge is 0.261 e. The third-order valence-corrected chi connectivity index (χ3v) is 4.92. The zero-order chi connectivity index (χ0) is 19.0. The first-order valence-corrected chi connectivity index (χ1v) is 9.00. The molecule has 3 aromatic rings. The van der Waals surface area contributed by atoms with Crippen LogP contribution in [-0.2, 0) is 6.54 Å². The Bertz CT molecular complexity index is 1060. The van der Waals surface area contributed by atoms with Crippen LogP contribution in [0.5, 0.6) is 0 Å². The number of fused-ring (bicyclic) bond motifs is 1. The molecule has 1 aliphatic rings. The number of hydrogen-bond donors (Lipinski definition) is 1. The summed E-state index contributed by atoms with van der Waals surface area (Å²) < 4.78 is 0. The molecule has 2 heterocycles. The lowest BCUT2D eigenvalue weighted by Crippen LogP contribution is -2.29. The molecule has 0 fully saturated rings. The number of hydrogen-bond acceptors (Lipinski definition) is 6. The lowest BCUT2D eigenvalue weighted by atomic mass is 10.1. The minimum atomic E-state index is -0.407. The van der Waals surface area contributed by atoms with E-state index in [0.717, 1.165) is 10.6 Å². The van der Waals surface area contributed by atoms with Gasteiger partial charge < -0.3 is 0 Å². The van der Waals surface area contributed by atoms with Crippen molar-refractivity contribution >= 4 is 34.2 Å². The number of aromatic nitrogens is 2. The summed E-state index contributed by atoms with van der Waals surface area (Å²) in [5.41, 5.74) is 1.68. The van der Waals surface area contributed by atoms with E-state index in [4.69, 9.17) is 0 Å². The molecular formula is C19H14N4O3S. The normalized spacial score (nSPS) is 13.0. The Morgan fingerprint density at radius 2 is 1.78 bits per heavy atom. The fraction of sp³-hybridized carbons (Fsp3) is 0.105. The van der Waals surface area contributed by atoms with Crippen molar-refractivity contribution in [2.45, 2.75) is 13.5 Å². The van der Waals surface area contributed by atoms with Gasteiger partial charge in [0.2, 0.25) is 5.13 Å². The van der Waals surface area contributed by atoms with Gasteiger partial charge in [0.15, 0.2) is 0 Å². The number of amides is 3. The lowest BCUT2D eigenvalue weighted by Gasteiger charge is -2.13. The molecular weight excluding hydrogens is 364 g/mol. The van der Waals surface area contributed by atoms with Crippen LogP contribution in [0, 0.1) is 6.92 Å². The summed E-state index contributed by atoms with van der Waals surface area (Å²) in [5, 5.41) is 11.4. The van der Waals surface area contributed by atoms with E-state index < -0.39 is 11.8 Å². The summed E-state index contributed by atoms with van der Waals surface area (Å²) in [6.45, 7) is 1.98. The standard InChI is InChI=1S/C19H14N4O3S/c1-11-21-22-19(27-11)20-16(24)13-7-8-14-15(9-13)18(26)23(17(14)25)10-12-5-3-2-4-6-12/h2-9H,10H2,1H3,(H,20,22,24). The highest BCUT2D eigenvalue weighted by molar-refractivity contribution is 7.15. The molecule has 0 saturated heterocycles. The monoisotopic (exact) mass is 378 g/mol. The second-order valence-corrected chi connectivity index (χ2v) is 7.20. The number of benzene rings is 2. The number of imide groups is 1. The van der Waals surface area contributed by atoms with Crippen LogP contribution >= 0.6 is 11.3 Å². The van der Waals surface area contributed by atoms with Crippen LogP contribution in [0.4, 0.5) is 5.13 Å². The fourth-order valence-corrected chi connectivity index (χ4v) is 3.44. The van der Waals surface area contributed by atoms with Crippen LogP contribution in [0.3, 0.4) is 0 Å². The predicted octanol–water partition coefficient (Wildman–Crippen LogP) is 2.90. The van der Waals surface area contributed by atoms with Crippen molar-refractivity contribution in [2.75, 3.05) is 5.32 Å². The summed E-state index contributed by atoms with van der Waals surface area (Å²) in [4.78, 5) is 38.9. The number of nitrogens with one attached hydrogen (secondary N) is 1. The number of aryl methyl sites for hydroxylation is 1. The quantitative estimate of drug-likeness (QED) is 0.705. The largest absolute Gasteiger partial charge is 0.296 e. The zero-order valence-corrected chi connectivity index (χ0v) is 15.1. The molecule has 3 amide bonds. The van der Waals surface area contributed by atoms with Gasteiger partial charge in [-0.15, -0.1) is 10.2 Å². The van der Waals surface area contributed by atoms with Gasteiger partial charge in [-0.2, -0.15) is 0 Å². The number of anilines is 1. The molecule has 27 heavy (non-hydrogen) atoms. The van der Waals surface area contributed by atoms with Crippen molar-refractivity contribution < 1.29 is 14.4 Å². The van der Waals surface area contributed by atoms with Crippen molar-refractivity contribution in [3.63, 3.8) is 0 Å². The van der Waals surface area contributed by atoms with E-state index in [9.17, 15) is 14.4 Å². The Morgan fingerprint density at radius 3 is 2.48 bits per heavy atom.